The Morgan fingerprint density at radius 3 is 2.72 bits per heavy atom. The molecule has 1 saturated carbocycles. The van der Waals surface area contributed by atoms with Gasteiger partial charge in [-0.05, 0) is 62.9 Å². The minimum atomic E-state index is 0.290. The first-order chi connectivity index (χ1) is 8.79. The van der Waals surface area contributed by atoms with Gasteiger partial charge in [0, 0.05) is 6.61 Å². The molecule has 3 aliphatic rings. The summed E-state index contributed by atoms with van der Waals surface area (Å²) in [5, 5.41) is 3.61. The average molecular weight is 251 g/mol. The van der Waals surface area contributed by atoms with Gasteiger partial charge in [-0.1, -0.05) is 26.2 Å². The summed E-state index contributed by atoms with van der Waals surface area (Å²) < 4.78 is 6.24. The highest BCUT2D eigenvalue weighted by Gasteiger charge is 2.42. The maximum absolute atomic E-state index is 6.24. The van der Waals surface area contributed by atoms with Crippen molar-refractivity contribution in [2.75, 3.05) is 19.7 Å². The third-order valence-corrected chi connectivity index (χ3v) is 5.79. The van der Waals surface area contributed by atoms with Crippen LogP contribution in [-0.2, 0) is 4.74 Å². The van der Waals surface area contributed by atoms with Crippen LogP contribution in [-0.4, -0.2) is 25.3 Å². The quantitative estimate of drug-likeness (QED) is 0.771. The molecule has 1 spiro atoms. The van der Waals surface area contributed by atoms with Crippen LogP contribution in [0.25, 0.3) is 0 Å². The zero-order valence-corrected chi connectivity index (χ0v) is 11.9. The van der Waals surface area contributed by atoms with Crippen LogP contribution in [0.1, 0.15) is 58.3 Å². The predicted octanol–water partition coefficient (Wildman–Crippen LogP) is 3.36. The van der Waals surface area contributed by atoms with Gasteiger partial charge in [0.2, 0.25) is 0 Å². The second-order valence-electron chi connectivity index (χ2n) is 6.98. The molecule has 0 amide bonds. The molecule has 2 saturated heterocycles. The van der Waals surface area contributed by atoms with E-state index in [2.05, 4.69) is 12.2 Å². The summed E-state index contributed by atoms with van der Waals surface area (Å²) in [5.74, 6) is 2.73. The number of hydrogen-bond acceptors (Lipinski definition) is 2. The lowest BCUT2D eigenvalue weighted by Gasteiger charge is -2.47. The fourth-order valence-corrected chi connectivity index (χ4v) is 4.62. The van der Waals surface area contributed by atoms with E-state index in [0.29, 0.717) is 5.60 Å². The first kappa shape index (κ1) is 12.9. The molecule has 3 unspecified atom stereocenters. The molecule has 2 nitrogen and oxygen atoms in total. The van der Waals surface area contributed by atoms with Gasteiger partial charge in [0.05, 0.1) is 5.60 Å². The van der Waals surface area contributed by atoms with Gasteiger partial charge in [0.1, 0.15) is 0 Å². The molecule has 1 aliphatic carbocycles. The van der Waals surface area contributed by atoms with Crippen LogP contribution >= 0.6 is 0 Å². The maximum Gasteiger partial charge on any atom is 0.0685 e. The van der Waals surface area contributed by atoms with Crippen LogP contribution in [0.4, 0.5) is 0 Å². The van der Waals surface area contributed by atoms with Crippen LogP contribution < -0.4 is 5.32 Å². The number of nitrogens with one attached hydrogen (secondary N) is 1. The number of ether oxygens (including phenoxy) is 1. The Balaban J connectivity index is 1.65. The second-order valence-corrected chi connectivity index (χ2v) is 6.98. The Kier molecular flexibility index (Phi) is 3.95. The Morgan fingerprint density at radius 2 is 1.94 bits per heavy atom. The summed E-state index contributed by atoms with van der Waals surface area (Å²) in [6.07, 6.45) is 10.9. The van der Waals surface area contributed by atoms with E-state index in [1.165, 1.54) is 64.5 Å². The molecular weight excluding hydrogens is 222 g/mol. The van der Waals surface area contributed by atoms with Gasteiger partial charge in [0.15, 0.2) is 0 Å². The van der Waals surface area contributed by atoms with Crippen molar-refractivity contribution in [2.45, 2.75) is 63.9 Å². The molecule has 2 heterocycles. The van der Waals surface area contributed by atoms with E-state index in [9.17, 15) is 0 Å². The highest BCUT2D eigenvalue weighted by Crippen LogP contribution is 2.44. The van der Waals surface area contributed by atoms with Gasteiger partial charge in [-0.25, -0.2) is 0 Å². The molecule has 0 bridgehead atoms. The minimum Gasteiger partial charge on any atom is -0.375 e. The first-order valence-electron chi connectivity index (χ1n) is 8.14. The molecule has 3 atom stereocenters. The number of rotatable bonds is 1. The summed E-state index contributed by atoms with van der Waals surface area (Å²) in [6, 6.07) is 0. The molecular formula is C16H29NO. The number of piperidine rings is 1. The van der Waals surface area contributed by atoms with Crippen molar-refractivity contribution in [3.05, 3.63) is 0 Å². The van der Waals surface area contributed by atoms with Crippen molar-refractivity contribution >= 4 is 0 Å². The van der Waals surface area contributed by atoms with Crippen molar-refractivity contribution in [1.82, 2.24) is 5.32 Å². The summed E-state index contributed by atoms with van der Waals surface area (Å²) in [7, 11) is 0. The molecule has 2 heteroatoms. The lowest BCUT2D eigenvalue weighted by molar-refractivity contribution is -0.129. The normalized spacial score (nSPS) is 40.8. The van der Waals surface area contributed by atoms with E-state index < -0.39 is 0 Å². The van der Waals surface area contributed by atoms with Crippen molar-refractivity contribution in [1.29, 1.82) is 0 Å². The molecule has 0 aromatic heterocycles. The van der Waals surface area contributed by atoms with Crippen LogP contribution in [0.5, 0.6) is 0 Å². The Hall–Kier alpha value is -0.0800. The summed E-state index contributed by atoms with van der Waals surface area (Å²) >= 11 is 0. The summed E-state index contributed by atoms with van der Waals surface area (Å²) in [4.78, 5) is 0. The first-order valence-corrected chi connectivity index (χ1v) is 8.14. The van der Waals surface area contributed by atoms with Crippen molar-refractivity contribution in [3.8, 4) is 0 Å². The van der Waals surface area contributed by atoms with Gasteiger partial charge in [-0.2, -0.15) is 0 Å². The van der Waals surface area contributed by atoms with E-state index in [4.69, 9.17) is 4.74 Å². The van der Waals surface area contributed by atoms with Crippen molar-refractivity contribution < 1.29 is 4.74 Å². The molecule has 3 fully saturated rings. The third kappa shape index (κ3) is 2.60. The van der Waals surface area contributed by atoms with Gasteiger partial charge < -0.3 is 10.1 Å². The fourth-order valence-electron chi connectivity index (χ4n) is 4.62. The topological polar surface area (TPSA) is 21.3 Å². The monoisotopic (exact) mass is 251 g/mol. The van der Waals surface area contributed by atoms with Crippen LogP contribution in [0, 0.1) is 17.8 Å². The average Bonchev–Trinajstić information content (AvgIpc) is 2.40. The van der Waals surface area contributed by atoms with Crippen LogP contribution in [0.2, 0.25) is 0 Å². The SMILES string of the molecule is CC1CCNCC1C1CCOC2(CCCCC2)C1. The zero-order chi connectivity index (χ0) is 12.4. The molecule has 1 N–H and O–H groups in total. The van der Waals surface area contributed by atoms with Crippen LogP contribution in [0.15, 0.2) is 0 Å². The lowest BCUT2D eigenvalue weighted by Crippen LogP contribution is -2.47. The van der Waals surface area contributed by atoms with Gasteiger partial charge >= 0.3 is 0 Å². The van der Waals surface area contributed by atoms with E-state index in [0.717, 1.165) is 24.4 Å². The lowest BCUT2D eigenvalue weighted by atomic mass is 9.68. The Labute approximate surface area is 112 Å². The van der Waals surface area contributed by atoms with Crippen molar-refractivity contribution in [3.63, 3.8) is 0 Å². The van der Waals surface area contributed by atoms with Gasteiger partial charge in [-0.15, -0.1) is 0 Å². The molecule has 104 valence electrons. The largest absolute Gasteiger partial charge is 0.375 e. The standard InChI is InChI=1S/C16H29NO/c1-13-5-9-17-12-15(13)14-6-10-18-16(11-14)7-3-2-4-8-16/h13-15,17H,2-12H2,1H3. The number of hydrogen-bond donors (Lipinski definition) is 1. The highest BCUT2D eigenvalue weighted by atomic mass is 16.5. The summed E-state index contributed by atoms with van der Waals surface area (Å²) in [5.41, 5.74) is 0.290. The van der Waals surface area contributed by atoms with Gasteiger partial charge in [-0.3, -0.25) is 0 Å². The van der Waals surface area contributed by atoms with Crippen LogP contribution in [0.3, 0.4) is 0 Å². The minimum absolute atomic E-state index is 0.290. The molecule has 0 aromatic carbocycles. The zero-order valence-electron chi connectivity index (χ0n) is 11.9. The Bertz CT molecular complexity index is 267. The molecule has 0 radical (unpaired) electrons. The molecule has 0 aromatic rings. The van der Waals surface area contributed by atoms with E-state index in [1.54, 1.807) is 0 Å². The molecule has 18 heavy (non-hydrogen) atoms. The highest BCUT2D eigenvalue weighted by molar-refractivity contribution is 4.93. The second kappa shape index (κ2) is 5.50. The Morgan fingerprint density at radius 1 is 1.11 bits per heavy atom. The van der Waals surface area contributed by atoms with E-state index in [-0.39, 0.29) is 0 Å². The third-order valence-electron chi connectivity index (χ3n) is 5.79. The fraction of sp³-hybridized carbons (Fsp3) is 1.00. The predicted molar refractivity (Wildman–Crippen MR) is 74.6 cm³/mol. The van der Waals surface area contributed by atoms with Crippen molar-refractivity contribution in [2.24, 2.45) is 17.8 Å². The maximum atomic E-state index is 6.24. The van der Waals surface area contributed by atoms with E-state index in [1.807, 2.05) is 0 Å². The smallest absolute Gasteiger partial charge is 0.0685 e. The molecule has 2 aliphatic heterocycles. The van der Waals surface area contributed by atoms with Gasteiger partial charge in [0.25, 0.3) is 0 Å². The molecule has 3 rings (SSSR count). The summed E-state index contributed by atoms with van der Waals surface area (Å²) in [6.45, 7) is 5.97. The van der Waals surface area contributed by atoms with E-state index >= 15 is 0 Å².